The number of nitrogens with zero attached hydrogens (tertiary/aromatic N) is 2. The highest BCUT2D eigenvalue weighted by Gasteiger charge is 2.23. The van der Waals surface area contributed by atoms with Crippen molar-refractivity contribution in [3.8, 4) is 11.1 Å². The maximum atomic E-state index is 12.4. The minimum atomic E-state index is -1.04. The molecule has 0 radical (unpaired) electrons. The molecule has 0 aliphatic rings. The molecule has 35 heavy (non-hydrogen) atoms. The molecule has 0 bridgehead atoms. The molecule has 4 rings (SSSR count). The summed E-state index contributed by atoms with van der Waals surface area (Å²) in [6, 6.07) is 24.3. The fraction of sp³-hybridized carbons (Fsp3) is 0.185. The van der Waals surface area contributed by atoms with Gasteiger partial charge in [0.15, 0.2) is 0 Å². The standard InChI is InChI=1S/C27H26N4O3S/c1-17(2)24(26(33)34)29-25(32)21-10-8-19(9-11-21)20-12-14-22(15-13-20)28-27-31-30-23(35-27)16-18-6-4-3-5-7-18/h3-15,17,24H,16H2,1-2H3,(H,28,31)(H,29,32)(H,33,34)/t24-/m0/s1. The Morgan fingerprint density at radius 2 is 1.51 bits per heavy atom. The summed E-state index contributed by atoms with van der Waals surface area (Å²) in [4.78, 5) is 23.8. The van der Waals surface area contributed by atoms with E-state index in [1.54, 1.807) is 26.0 Å². The third-order valence-corrected chi connectivity index (χ3v) is 6.34. The number of aromatic nitrogens is 2. The second-order valence-corrected chi connectivity index (χ2v) is 9.54. The molecular weight excluding hydrogens is 460 g/mol. The number of carbonyl (C=O) groups is 2. The number of hydrogen-bond acceptors (Lipinski definition) is 6. The fourth-order valence-corrected chi connectivity index (χ4v) is 4.36. The fourth-order valence-electron chi connectivity index (χ4n) is 3.57. The quantitative estimate of drug-likeness (QED) is 0.293. The number of carboxylic acid groups (broad SMARTS) is 1. The molecule has 0 fully saturated rings. The predicted octanol–water partition coefficient (Wildman–Crippen LogP) is 5.38. The smallest absolute Gasteiger partial charge is 0.326 e. The first-order valence-corrected chi connectivity index (χ1v) is 12.1. The molecule has 8 heteroatoms. The Hall–Kier alpha value is -4.04. The minimum Gasteiger partial charge on any atom is -0.480 e. The van der Waals surface area contributed by atoms with Crippen molar-refractivity contribution >= 4 is 34.0 Å². The van der Waals surface area contributed by atoms with E-state index in [1.807, 2.05) is 54.6 Å². The van der Waals surface area contributed by atoms with Gasteiger partial charge in [0, 0.05) is 17.7 Å². The molecule has 0 unspecified atom stereocenters. The van der Waals surface area contributed by atoms with Gasteiger partial charge in [-0.1, -0.05) is 79.8 Å². The molecule has 0 saturated carbocycles. The van der Waals surface area contributed by atoms with Crippen molar-refractivity contribution in [2.45, 2.75) is 26.3 Å². The lowest BCUT2D eigenvalue weighted by Crippen LogP contribution is -2.44. The lowest BCUT2D eigenvalue weighted by atomic mass is 10.0. The molecule has 4 aromatic rings. The van der Waals surface area contributed by atoms with Crippen molar-refractivity contribution in [2.75, 3.05) is 5.32 Å². The Morgan fingerprint density at radius 1 is 0.886 bits per heavy atom. The monoisotopic (exact) mass is 486 g/mol. The van der Waals surface area contributed by atoms with Crippen molar-refractivity contribution in [1.29, 1.82) is 0 Å². The van der Waals surface area contributed by atoms with Crippen LogP contribution < -0.4 is 10.6 Å². The van der Waals surface area contributed by atoms with Crippen LogP contribution in [0.5, 0.6) is 0 Å². The second-order valence-electron chi connectivity index (χ2n) is 8.48. The summed E-state index contributed by atoms with van der Waals surface area (Å²) in [5.74, 6) is -1.65. The Morgan fingerprint density at radius 3 is 2.11 bits per heavy atom. The zero-order valence-corrected chi connectivity index (χ0v) is 20.3. The van der Waals surface area contributed by atoms with E-state index in [-0.39, 0.29) is 5.92 Å². The summed E-state index contributed by atoms with van der Waals surface area (Å²) in [7, 11) is 0. The van der Waals surface area contributed by atoms with Crippen LogP contribution >= 0.6 is 11.3 Å². The highest BCUT2D eigenvalue weighted by Crippen LogP contribution is 2.26. The third-order valence-electron chi connectivity index (χ3n) is 5.50. The maximum absolute atomic E-state index is 12.4. The molecule has 0 aliphatic carbocycles. The molecule has 1 heterocycles. The number of carbonyl (C=O) groups excluding carboxylic acids is 1. The first-order chi connectivity index (χ1) is 16.9. The van der Waals surface area contributed by atoms with Crippen molar-refractivity contribution < 1.29 is 14.7 Å². The van der Waals surface area contributed by atoms with Crippen LogP contribution in [0.4, 0.5) is 10.8 Å². The molecule has 1 atom stereocenters. The van der Waals surface area contributed by atoms with Gasteiger partial charge in [0.05, 0.1) is 0 Å². The van der Waals surface area contributed by atoms with Crippen molar-refractivity contribution in [3.63, 3.8) is 0 Å². The maximum Gasteiger partial charge on any atom is 0.326 e. The van der Waals surface area contributed by atoms with Crippen LogP contribution in [-0.2, 0) is 11.2 Å². The van der Waals surface area contributed by atoms with Crippen LogP contribution in [0.3, 0.4) is 0 Å². The average molecular weight is 487 g/mol. The van der Waals surface area contributed by atoms with E-state index < -0.39 is 17.9 Å². The summed E-state index contributed by atoms with van der Waals surface area (Å²) < 4.78 is 0. The number of hydrogen-bond donors (Lipinski definition) is 3. The number of aliphatic carboxylic acids is 1. The van der Waals surface area contributed by atoms with Crippen molar-refractivity contribution in [1.82, 2.24) is 15.5 Å². The average Bonchev–Trinajstić information content (AvgIpc) is 3.29. The molecular formula is C27H26N4O3S. The van der Waals surface area contributed by atoms with Crippen LogP contribution in [0.2, 0.25) is 0 Å². The number of amides is 1. The Labute approximate surface area is 207 Å². The SMILES string of the molecule is CC(C)[C@H](NC(=O)c1ccc(-c2ccc(Nc3nnc(Cc4ccccc4)s3)cc2)cc1)C(=O)O. The Bertz CT molecular complexity index is 1290. The van der Waals surface area contributed by atoms with Gasteiger partial charge in [-0.15, -0.1) is 10.2 Å². The molecule has 0 spiro atoms. The topological polar surface area (TPSA) is 104 Å². The molecule has 1 amide bonds. The van der Waals surface area contributed by atoms with Gasteiger partial charge in [0.1, 0.15) is 11.0 Å². The number of anilines is 2. The van der Waals surface area contributed by atoms with Gasteiger partial charge in [0.2, 0.25) is 5.13 Å². The first kappa shape index (κ1) is 24.1. The summed E-state index contributed by atoms with van der Waals surface area (Å²) in [5.41, 5.74) is 4.47. The van der Waals surface area contributed by atoms with Crippen LogP contribution in [-0.4, -0.2) is 33.2 Å². The first-order valence-electron chi connectivity index (χ1n) is 11.3. The van der Waals surface area contributed by atoms with E-state index in [2.05, 4.69) is 33.0 Å². The summed E-state index contributed by atoms with van der Waals surface area (Å²) >= 11 is 1.53. The molecule has 0 aliphatic heterocycles. The van der Waals surface area contributed by atoms with Crippen LogP contribution in [0.25, 0.3) is 11.1 Å². The summed E-state index contributed by atoms with van der Waals surface area (Å²) in [5, 5.41) is 25.4. The third kappa shape index (κ3) is 6.30. The van der Waals surface area contributed by atoms with Gasteiger partial charge in [-0.2, -0.15) is 0 Å². The lowest BCUT2D eigenvalue weighted by Gasteiger charge is -2.18. The normalized spacial score (nSPS) is 11.7. The van der Waals surface area contributed by atoms with Gasteiger partial charge in [0.25, 0.3) is 5.91 Å². The Balaban J connectivity index is 1.37. The Kier molecular flexibility index (Phi) is 7.52. The number of rotatable bonds is 9. The zero-order valence-electron chi connectivity index (χ0n) is 19.4. The lowest BCUT2D eigenvalue weighted by molar-refractivity contribution is -0.140. The van der Waals surface area contributed by atoms with Gasteiger partial charge in [-0.25, -0.2) is 4.79 Å². The molecule has 1 aromatic heterocycles. The van der Waals surface area contributed by atoms with Crippen LogP contribution in [0.1, 0.15) is 34.8 Å². The summed E-state index contributed by atoms with van der Waals surface area (Å²) in [6.07, 6.45) is 0.752. The van der Waals surface area contributed by atoms with Gasteiger partial charge >= 0.3 is 5.97 Å². The molecule has 3 N–H and O–H groups in total. The molecule has 3 aromatic carbocycles. The number of carboxylic acids is 1. The van der Waals surface area contributed by atoms with Crippen LogP contribution in [0, 0.1) is 5.92 Å². The minimum absolute atomic E-state index is 0.210. The van der Waals surface area contributed by atoms with Gasteiger partial charge in [-0.3, -0.25) is 4.79 Å². The number of benzene rings is 3. The predicted molar refractivity (Wildman–Crippen MR) is 138 cm³/mol. The van der Waals surface area contributed by atoms with Crippen molar-refractivity contribution in [3.05, 3.63) is 95.0 Å². The zero-order chi connectivity index (χ0) is 24.8. The summed E-state index contributed by atoms with van der Waals surface area (Å²) in [6.45, 7) is 3.52. The van der Waals surface area contributed by atoms with Gasteiger partial charge in [-0.05, 0) is 46.9 Å². The van der Waals surface area contributed by atoms with Crippen LogP contribution in [0.15, 0.2) is 78.9 Å². The second kappa shape index (κ2) is 10.9. The molecule has 7 nitrogen and oxygen atoms in total. The molecule has 178 valence electrons. The molecule has 0 saturated heterocycles. The van der Waals surface area contributed by atoms with E-state index in [9.17, 15) is 14.7 Å². The number of nitrogens with one attached hydrogen (secondary N) is 2. The highest BCUT2D eigenvalue weighted by atomic mass is 32.1. The van der Waals surface area contributed by atoms with E-state index in [0.29, 0.717) is 5.56 Å². The van der Waals surface area contributed by atoms with Gasteiger partial charge < -0.3 is 15.7 Å². The van der Waals surface area contributed by atoms with E-state index in [1.165, 1.54) is 16.9 Å². The largest absolute Gasteiger partial charge is 0.480 e. The van der Waals surface area contributed by atoms with E-state index in [4.69, 9.17) is 0 Å². The van der Waals surface area contributed by atoms with E-state index in [0.717, 1.165) is 33.4 Å². The highest BCUT2D eigenvalue weighted by molar-refractivity contribution is 7.15. The van der Waals surface area contributed by atoms with Crippen molar-refractivity contribution in [2.24, 2.45) is 5.92 Å². The van der Waals surface area contributed by atoms with E-state index >= 15 is 0 Å².